The number of nitrogens with one attached hydrogen (secondary N) is 3. The van der Waals surface area contributed by atoms with Gasteiger partial charge < -0.3 is 30.2 Å². The highest BCUT2D eigenvalue weighted by Crippen LogP contribution is 2.48. The molecular formula is C58H59N3O6S. The summed E-state index contributed by atoms with van der Waals surface area (Å²) in [6.45, 7) is 5.69. The van der Waals surface area contributed by atoms with Gasteiger partial charge in [-0.25, -0.2) is 4.79 Å². The summed E-state index contributed by atoms with van der Waals surface area (Å²) in [5.41, 5.74) is 5.79. The number of hydrogen-bond acceptors (Lipinski definition) is 8. The number of benzene rings is 7. The highest BCUT2D eigenvalue weighted by molar-refractivity contribution is 8.00. The molecule has 0 aliphatic heterocycles. The lowest BCUT2D eigenvalue weighted by Gasteiger charge is -2.38. The Balaban J connectivity index is 1.05. The predicted molar refractivity (Wildman–Crippen MR) is 273 cm³/mol. The number of rotatable bonds is 20. The summed E-state index contributed by atoms with van der Waals surface area (Å²) < 4.78 is 16.2. The molecule has 2 amide bonds. The van der Waals surface area contributed by atoms with Crippen molar-refractivity contribution in [1.82, 2.24) is 10.6 Å². The van der Waals surface area contributed by atoms with E-state index in [2.05, 4.69) is 88.7 Å². The van der Waals surface area contributed by atoms with Crippen LogP contribution in [0.5, 0.6) is 11.5 Å². The second-order valence-corrected chi connectivity index (χ2v) is 18.7. The fourth-order valence-electron chi connectivity index (χ4n) is 8.40. The standard InChI is InChI=1S/C58H59N3O6S/c1-56(2,3)67-55(64)52(38-39-53(62)59-40-41-68-58(46-22-14-8-15-23-46,47-24-16-9-17-25-47)48-30-36-51(66-5)37-31-48)60-54(63)42-26-32-49(33-27-42)61-57(43-18-10-6-11-19-43,44-20-12-7-13-21-44)45-28-34-50(65-4)35-29-45/h6-37,52,61H,38-41H2,1-5H3,(H,59,62)(H,60,63)/t52-/m0/s1. The zero-order valence-electron chi connectivity index (χ0n) is 39.2. The van der Waals surface area contributed by atoms with Crippen LogP contribution in [0.2, 0.25) is 0 Å². The topological polar surface area (TPSA) is 115 Å². The van der Waals surface area contributed by atoms with E-state index in [1.54, 1.807) is 58.9 Å². The number of esters is 1. The highest BCUT2D eigenvalue weighted by atomic mass is 32.2. The minimum Gasteiger partial charge on any atom is -0.497 e. The van der Waals surface area contributed by atoms with Crippen molar-refractivity contribution >= 4 is 35.2 Å². The molecule has 9 nitrogen and oxygen atoms in total. The van der Waals surface area contributed by atoms with Crippen molar-refractivity contribution in [2.75, 3.05) is 31.8 Å². The van der Waals surface area contributed by atoms with Gasteiger partial charge in [-0.3, -0.25) is 9.59 Å². The van der Waals surface area contributed by atoms with E-state index in [1.165, 1.54) is 0 Å². The van der Waals surface area contributed by atoms with Crippen LogP contribution in [0.25, 0.3) is 0 Å². The van der Waals surface area contributed by atoms with Crippen molar-refractivity contribution in [2.45, 2.75) is 55.5 Å². The molecule has 0 bridgehead atoms. The molecular weight excluding hydrogens is 867 g/mol. The van der Waals surface area contributed by atoms with Crippen LogP contribution < -0.4 is 25.4 Å². The Morgan fingerprint density at radius 2 is 0.971 bits per heavy atom. The first-order valence-electron chi connectivity index (χ1n) is 22.8. The van der Waals surface area contributed by atoms with Crippen LogP contribution in [0, 0.1) is 0 Å². The van der Waals surface area contributed by atoms with Crippen molar-refractivity contribution in [3.05, 3.63) is 233 Å². The lowest BCUT2D eigenvalue weighted by molar-refractivity contribution is -0.157. The second kappa shape index (κ2) is 22.5. The van der Waals surface area contributed by atoms with Crippen LogP contribution in [0.1, 0.15) is 77.4 Å². The van der Waals surface area contributed by atoms with Crippen LogP contribution in [0.4, 0.5) is 5.69 Å². The summed E-state index contributed by atoms with van der Waals surface area (Å²) in [6.07, 6.45) is 0.0345. The number of carbonyl (C=O) groups excluding carboxylic acids is 3. The summed E-state index contributed by atoms with van der Waals surface area (Å²) in [4.78, 5) is 41.0. The third-order valence-corrected chi connectivity index (χ3v) is 13.2. The number of ether oxygens (including phenoxy) is 3. The Labute approximate surface area is 404 Å². The van der Waals surface area contributed by atoms with E-state index >= 15 is 0 Å². The van der Waals surface area contributed by atoms with Gasteiger partial charge in [-0.15, -0.1) is 11.8 Å². The van der Waals surface area contributed by atoms with E-state index in [-0.39, 0.29) is 18.7 Å². The molecule has 0 radical (unpaired) electrons. The molecule has 1 atom stereocenters. The van der Waals surface area contributed by atoms with Gasteiger partial charge >= 0.3 is 5.97 Å². The molecule has 0 unspecified atom stereocenters. The van der Waals surface area contributed by atoms with Gasteiger partial charge in [0.05, 0.1) is 19.0 Å². The van der Waals surface area contributed by atoms with Crippen molar-refractivity contribution in [3.63, 3.8) is 0 Å². The summed E-state index contributed by atoms with van der Waals surface area (Å²) in [7, 11) is 3.30. The van der Waals surface area contributed by atoms with Gasteiger partial charge in [0, 0.05) is 30.0 Å². The molecule has 0 aromatic heterocycles. The zero-order chi connectivity index (χ0) is 48.0. The average Bonchev–Trinajstić information content (AvgIpc) is 3.37. The molecule has 68 heavy (non-hydrogen) atoms. The fraction of sp³-hybridized carbons (Fsp3) is 0.224. The van der Waals surface area contributed by atoms with E-state index in [0.717, 1.165) is 50.6 Å². The van der Waals surface area contributed by atoms with Gasteiger partial charge in [0.1, 0.15) is 28.7 Å². The molecule has 0 aliphatic carbocycles. The number of amides is 2. The van der Waals surface area contributed by atoms with Gasteiger partial charge in [0.25, 0.3) is 5.91 Å². The maximum Gasteiger partial charge on any atom is 0.329 e. The molecule has 348 valence electrons. The summed E-state index contributed by atoms with van der Waals surface area (Å²) in [6, 6.07) is 63.3. The normalized spacial score (nSPS) is 12.0. The van der Waals surface area contributed by atoms with Crippen molar-refractivity contribution in [1.29, 1.82) is 0 Å². The Hall–Kier alpha value is -7.30. The van der Waals surface area contributed by atoms with E-state index in [9.17, 15) is 14.4 Å². The SMILES string of the molecule is COc1ccc(C(Nc2ccc(C(=O)N[C@@H](CCC(=O)NCCSC(c3ccccc3)(c3ccccc3)c3ccc(OC)cc3)C(=O)OC(C)(C)C)cc2)(c2ccccc2)c2ccccc2)cc1. The number of carbonyl (C=O) groups is 3. The molecule has 7 aromatic carbocycles. The van der Waals surface area contributed by atoms with Crippen molar-refractivity contribution < 1.29 is 28.6 Å². The Kier molecular flexibility index (Phi) is 16.1. The summed E-state index contributed by atoms with van der Waals surface area (Å²) in [5.74, 6) is 0.773. The second-order valence-electron chi connectivity index (χ2n) is 17.4. The summed E-state index contributed by atoms with van der Waals surface area (Å²) in [5, 5.41) is 9.76. The average molecular weight is 926 g/mol. The number of anilines is 1. The minimum atomic E-state index is -1.07. The van der Waals surface area contributed by atoms with Gasteiger partial charge in [0.2, 0.25) is 5.91 Å². The minimum absolute atomic E-state index is 0.00881. The lowest BCUT2D eigenvalue weighted by Crippen LogP contribution is -2.45. The number of methoxy groups -OCH3 is 2. The third kappa shape index (κ3) is 11.6. The maximum absolute atomic E-state index is 13.9. The Bertz CT molecular complexity index is 2620. The molecule has 0 spiro atoms. The molecule has 7 rings (SSSR count). The van der Waals surface area contributed by atoms with Gasteiger partial charge in [-0.05, 0) is 109 Å². The zero-order valence-corrected chi connectivity index (χ0v) is 40.1. The third-order valence-electron chi connectivity index (χ3n) is 11.7. The quantitative estimate of drug-likeness (QED) is 0.0393. The van der Waals surface area contributed by atoms with Crippen molar-refractivity contribution in [3.8, 4) is 11.5 Å². The Morgan fingerprint density at radius 3 is 1.43 bits per heavy atom. The molecule has 0 saturated heterocycles. The van der Waals surface area contributed by atoms with E-state index in [0.29, 0.717) is 17.9 Å². The first-order chi connectivity index (χ1) is 32.9. The molecule has 7 aromatic rings. The Morgan fingerprint density at radius 1 is 0.544 bits per heavy atom. The van der Waals surface area contributed by atoms with Gasteiger partial charge in [-0.1, -0.05) is 146 Å². The summed E-state index contributed by atoms with van der Waals surface area (Å²) >= 11 is 1.73. The monoisotopic (exact) mass is 925 g/mol. The highest BCUT2D eigenvalue weighted by Gasteiger charge is 2.38. The number of thioether (sulfide) groups is 1. The van der Waals surface area contributed by atoms with E-state index < -0.39 is 33.8 Å². The van der Waals surface area contributed by atoms with Crippen LogP contribution >= 0.6 is 11.8 Å². The predicted octanol–water partition coefficient (Wildman–Crippen LogP) is 11.2. The molecule has 10 heteroatoms. The smallest absolute Gasteiger partial charge is 0.329 e. The molecule has 0 saturated carbocycles. The van der Waals surface area contributed by atoms with Crippen molar-refractivity contribution in [2.24, 2.45) is 0 Å². The lowest BCUT2D eigenvalue weighted by atomic mass is 9.76. The number of hydrogen-bond donors (Lipinski definition) is 3. The first-order valence-corrected chi connectivity index (χ1v) is 23.8. The molecule has 0 aliphatic rings. The fourth-order valence-corrected chi connectivity index (χ4v) is 9.82. The largest absolute Gasteiger partial charge is 0.497 e. The van der Waals surface area contributed by atoms with Crippen LogP contribution in [0.3, 0.4) is 0 Å². The van der Waals surface area contributed by atoms with Crippen LogP contribution in [-0.2, 0) is 24.6 Å². The molecule has 0 fully saturated rings. The molecule has 3 N–H and O–H groups in total. The van der Waals surface area contributed by atoms with Gasteiger partial charge in [0.15, 0.2) is 0 Å². The maximum atomic E-state index is 13.9. The molecule has 0 heterocycles. The van der Waals surface area contributed by atoms with E-state index in [4.69, 9.17) is 14.2 Å². The van der Waals surface area contributed by atoms with Crippen LogP contribution in [0.15, 0.2) is 194 Å². The van der Waals surface area contributed by atoms with E-state index in [1.807, 2.05) is 109 Å². The van der Waals surface area contributed by atoms with Gasteiger partial charge in [-0.2, -0.15) is 0 Å². The first kappa shape index (κ1) is 48.6. The van der Waals surface area contributed by atoms with Crippen LogP contribution in [-0.4, -0.2) is 55.9 Å².